The Morgan fingerprint density at radius 3 is 3.18 bits per heavy atom. The molecule has 0 bridgehead atoms. The predicted octanol–water partition coefficient (Wildman–Crippen LogP) is 1.94. The van der Waals surface area contributed by atoms with Crippen molar-refractivity contribution in [2.24, 2.45) is 0 Å². The number of hydrogen-bond donors (Lipinski definition) is 1. The van der Waals surface area contributed by atoms with Crippen LogP contribution in [0.2, 0.25) is 0 Å². The van der Waals surface area contributed by atoms with Gasteiger partial charge >= 0.3 is 0 Å². The van der Waals surface area contributed by atoms with Crippen molar-refractivity contribution in [1.29, 1.82) is 0 Å². The monoisotopic (exact) mass is 233 g/mol. The molecule has 0 atom stereocenters. The molecule has 3 nitrogen and oxygen atoms in total. The third-order valence-corrected chi connectivity index (χ3v) is 3.02. The van der Waals surface area contributed by atoms with E-state index in [1.165, 1.54) is 11.1 Å². The molecule has 0 saturated heterocycles. The van der Waals surface area contributed by atoms with Crippen LogP contribution in [0, 0.1) is 0 Å². The van der Waals surface area contributed by atoms with Crippen LogP contribution in [0.4, 0.5) is 0 Å². The highest BCUT2D eigenvalue weighted by molar-refractivity contribution is 5.98. The Hall–Kier alpha value is -1.19. The molecule has 0 unspecified atom stereocenters. The molecular weight excluding hydrogens is 214 g/mol. The van der Waals surface area contributed by atoms with E-state index in [-0.39, 0.29) is 12.4 Å². The van der Waals surface area contributed by atoms with Crippen LogP contribution in [0.1, 0.15) is 34.8 Å². The second-order valence-corrected chi connectivity index (χ2v) is 4.35. The van der Waals surface area contributed by atoms with Gasteiger partial charge in [-0.1, -0.05) is 25.1 Å². The van der Waals surface area contributed by atoms with Gasteiger partial charge in [-0.2, -0.15) is 0 Å². The van der Waals surface area contributed by atoms with Crippen LogP contribution < -0.4 is 5.32 Å². The minimum absolute atomic E-state index is 0.109. The molecule has 1 aromatic carbocycles. The summed E-state index contributed by atoms with van der Waals surface area (Å²) in [6.45, 7) is 4.72. The van der Waals surface area contributed by atoms with Gasteiger partial charge in [0.25, 0.3) is 0 Å². The van der Waals surface area contributed by atoms with Gasteiger partial charge in [-0.25, -0.2) is 0 Å². The summed E-state index contributed by atoms with van der Waals surface area (Å²) >= 11 is 0. The Morgan fingerprint density at radius 1 is 1.47 bits per heavy atom. The van der Waals surface area contributed by atoms with Crippen molar-refractivity contribution in [3.05, 3.63) is 34.9 Å². The van der Waals surface area contributed by atoms with Crippen molar-refractivity contribution in [2.75, 3.05) is 19.8 Å². The lowest BCUT2D eigenvalue weighted by Gasteiger charge is -2.19. The molecule has 0 fully saturated rings. The molecule has 3 heteroatoms. The van der Waals surface area contributed by atoms with Gasteiger partial charge in [0.05, 0.1) is 0 Å². The zero-order valence-corrected chi connectivity index (χ0v) is 10.3. The van der Waals surface area contributed by atoms with E-state index < -0.39 is 0 Å². The minimum atomic E-state index is 0.109. The quantitative estimate of drug-likeness (QED) is 0.624. The number of ether oxygens (including phenoxy) is 1. The molecular formula is C14H19NO2. The highest BCUT2D eigenvalue weighted by Crippen LogP contribution is 2.19. The molecule has 1 aromatic rings. The normalized spacial score (nSPS) is 14.4. The number of rotatable bonds is 5. The maximum atomic E-state index is 12.0. The van der Waals surface area contributed by atoms with Gasteiger partial charge in [0.15, 0.2) is 5.78 Å². The average Bonchev–Trinajstić information content (AvgIpc) is 2.38. The number of Topliss-reactive ketones (excluding diaryl/α,β-unsaturated/α-hetero) is 1. The Morgan fingerprint density at radius 2 is 2.35 bits per heavy atom. The third-order valence-electron chi connectivity index (χ3n) is 3.02. The van der Waals surface area contributed by atoms with Crippen LogP contribution in [0.15, 0.2) is 18.2 Å². The lowest BCUT2D eigenvalue weighted by atomic mass is 9.93. The SMILES string of the molecule is CCCOCC(=O)c1cccc2c1CCNC2. The lowest BCUT2D eigenvalue weighted by molar-refractivity contribution is 0.0760. The van der Waals surface area contributed by atoms with Crippen molar-refractivity contribution < 1.29 is 9.53 Å². The van der Waals surface area contributed by atoms with Crippen molar-refractivity contribution in [3.63, 3.8) is 0 Å². The van der Waals surface area contributed by atoms with Crippen molar-refractivity contribution in [2.45, 2.75) is 26.3 Å². The van der Waals surface area contributed by atoms with Gasteiger partial charge < -0.3 is 10.1 Å². The summed E-state index contributed by atoms with van der Waals surface area (Å²) in [5, 5.41) is 3.32. The van der Waals surface area contributed by atoms with E-state index in [1.807, 2.05) is 19.1 Å². The van der Waals surface area contributed by atoms with Gasteiger partial charge in [0, 0.05) is 18.7 Å². The molecule has 1 N–H and O–H groups in total. The Labute approximate surface area is 102 Å². The first kappa shape index (κ1) is 12.3. The molecule has 2 rings (SSSR count). The first-order valence-electron chi connectivity index (χ1n) is 6.25. The zero-order chi connectivity index (χ0) is 12.1. The topological polar surface area (TPSA) is 38.3 Å². The molecule has 1 aliphatic rings. The summed E-state index contributed by atoms with van der Waals surface area (Å²) < 4.78 is 5.32. The largest absolute Gasteiger partial charge is 0.373 e. The first-order valence-corrected chi connectivity index (χ1v) is 6.25. The second kappa shape index (κ2) is 5.94. The summed E-state index contributed by atoms with van der Waals surface area (Å²) in [5.41, 5.74) is 3.30. The van der Waals surface area contributed by atoms with Gasteiger partial charge in [-0.15, -0.1) is 0 Å². The van der Waals surface area contributed by atoms with Crippen molar-refractivity contribution >= 4 is 5.78 Å². The van der Waals surface area contributed by atoms with E-state index in [0.29, 0.717) is 6.61 Å². The molecule has 92 valence electrons. The second-order valence-electron chi connectivity index (χ2n) is 4.35. The van der Waals surface area contributed by atoms with E-state index in [2.05, 4.69) is 11.4 Å². The number of hydrogen-bond acceptors (Lipinski definition) is 3. The standard InChI is InChI=1S/C14H19NO2/c1-2-8-17-10-14(16)13-5-3-4-11-9-15-7-6-12(11)13/h3-5,15H,2,6-10H2,1H3. The van der Waals surface area contributed by atoms with Crippen molar-refractivity contribution in [1.82, 2.24) is 5.32 Å². The van der Waals surface area contributed by atoms with Crippen LogP contribution in [-0.4, -0.2) is 25.5 Å². The predicted molar refractivity (Wildman–Crippen MR) is 67.3 cm³/mol. The van der Waals surface area contributed by atoms with E-state index in [9.17, 15) is 4.79 Å². The molecule has 0 aromatic heterocycles. The molecule has 1 heterocycles. The van der Waals surface area contributed by atoms with E-state index in [4.69, 9.17) is 4.74 Å². The van der Waals surface area contributed by atoms with E-state index in [0.717, 1.165) is 31.5 Å². The number of ketones is 1. The number of carbonyl (C=O) groups is 1. The summed E-state index contributed by atoms with van der Waals surface area (Å²) in [6, 6.07) is 5.96. The fourth-order valence-corrected chi connectivity index (χ4v) is 2.18. The fourth-order valence-electron chi connectivity index (χ4n) is 2.18. The molecule has 0 spiro atoms. The van der Waals surface area contributed by atoms with Crippen LogP contribution in [0.3, 0.4) is 0 Å². The van der Waals surface area contributed by atoms with Gasteiger partial charge in [0.1, 0.15) is 6.61 Å². The van der Waals surface area contributed by atoms with Crippen LogP contribution in [0.25, 0.3) is 0 Å². The summed E-state index contributed by atoms with van der Waals surface area (Å²) in [4.78, 5) is 12.0. The third kappa shape index (κ3) is 2.93. The molecule has 17 heavy (non-hydrogen) atoms. The van der Waals surface area contributed by atoms with Crippen LogP contribution in [-0.2, 0) is 17.7 Å². The highest BCUT2D eigenvalue weighted by atomic mass is 16.5. The fraction of sp³-hybridized carbons (Fsp3) is 0.500. The van der Waals surface area contributed by atoms with Gasteiger partial charge in [-0.3, -0.25) is 4.79 Å². The molecule has 0 saturated carbocycles. The lowest BCUT2D eigenvalue weighted by Crippen LogP contribution is -2.26. The van der Waals surface area contributed by atoms with E-state index in [1.54, 1.807) is 0 Å². The maximum Gasteiger partial charge on any atom is 0.188 e. The molecule has 0 amide bonds. The summed E-state index contributed by atoms with van der Waals surface area (Å²) in [5.74, 6) is 0.109. The summed E-state index contributed by atoms with van der Waals surface area (Å²) in [6.07, 6.45) is 1.88. The number of nitrogens with one attached hydrogen (secondary N) is 1. The molecule has 0 aliphatic carbocycles. The number of fused-ring (bicyclic) bond motifs is 1. The van der Waals surface area contributed by atoms with Gasteiger partial charge in [-0.05, 0) is 30.5 Å². The number of benzene rings is 1. The zero-order valence-electron chi connectivity index (χ0n) is 10.3. The summed E-state index contributed by atoms with van der Waals surface area (Å²) in [7, 11) is 0. The Bertz CT molecular complexity index is 401. The first-order chi connectivity index (χ1) is 8.33. The average molecular weight is 233 g/mol. The Balaban J connectivity index is 2.12. The smallest absolute Gasteiger partial charge is 0.188 e. The number of carbonyl (C=O) groups excluding carboxylic acids is 1. The minimum Gasteiger partial charge on any atom is -0.373 e. The van der Waals surface area contributed by atoms with Crippen molar-refractivity contribution in [3.8, 4) is 0 Å². The Kier molecular flexibility index (Phi) is 4.29. The van der Waals surface area contributed by atoms with E-state index >= 15 is 0 Å². The van der Waals surface area contributed by atoms with Crippen LogP contribution >= 0.6 is 0 Å². The maximum absolute atomic E-state index is 12.0. The van der Waals surface area contributed by atoms with Gasteiger partial charge in [0.2, 0.25) is 0 Å². The molecule has 1 aliphatic heterocycles. The van der Waals surface area contributed by atoms with Crippen LogP contribution in [0.5, 0.6) is 0 Å². The highest BCUT2D eigenvalue weighted by Gasteiger charge is 2.16. The molecule has 0 radical (unpaired) electrons.